The molecule has 1 aliphatic rings. The van der Waals surface area contributed by atoms with Crippen LogP contribution in [0.1, 0.15) is 52.9 Å². The highest BCUT2D eigenvalue weighted by molar-refractivity contribution is 5.95. The van der Waals surface area contributed by atoms with Crippen molar-refractivity contribution in [2.24, 2.45) is 0 Å². The van der Waals surface area contributed by atoms with Crippen molar-refractivity contribution >= 4 is 28.4 Å². The number of hydrogen-bond donors (Lipinski definition) is 1. The molecular weight excluding hydrogens is 372 g/mol. The Bertz CT molecular complexity index is 888. The SMILES string of the molecule is CC(C)(C)OC(=O)N(CNc1c([N+](=O)[O-])cnc2ccccc12)C1CCCCC1. The molecule has 2 aromatic rings. The van der Waals surface area contributed by atoms with Gasteiger partial charge in [-0.1, -0.05) is 37.5 Å². The number of carbonyl (C=O) groups is 1. The maximum absolute atomic E-state index is 12.9. The van der Waals surface area contributed by atoms with Crippen molar-refractivity contribution in [1.82, 2.24) is 9.88 Å². The number of pyridine rings is 1. The highest BCUT2D eigenvalue weighted by atomic mass is 16.6. The summed E-state index contributed by atoms with van der Waals surface area (Å²) >= 11 is 0. The number of ether oxygens (including phenoxy) is 1. The average molecular weight is 400 g/mol. The summed E-state index contributed by atoms with van der Waals surface area (Å²) in [4.78, 5) is 29.8. The minimum absolute atomic E-state index is 0.0539. The molecule has 0 bridgehead atoms. The summed E-state index contributed by atoms with van der Waals surface area (Å²) in [6.07, 6.45) is 5.93. The second-order valence-corrected chi connectivity index (χ2v) is 8.37. The third-order valence-corrected chi connectivity index (χ3v) is 5.02. The number of aromatic nitrogens is 1. The first-order valence-corrected chi connectivity index (χ1v) is 10.0. The molecule has 8 nitrogen and oxygen atoms in total. The molecule has 0 aliphatic heterocycles. The summed E-state index contributed by atoms with van der Waals surface area (Å²) in [7, 11) is 0. The number of benzene rings is 1. The van der Waals surface area contributed by atoms with Crippen molar-refractivity contribution in [3.63, 3.8) is 0 Å². The number of amides is 1. The van der Waals surface area contributed by atoms with Gasteiger partial charge < -0.3 is 10.1 Å². The third kappa shape index (κ3) is 5.13. The minimum Gasteiger partial charge on any atom is -0.444 e. The summed E-state index contributed by atoms with van der Waals surface area (Å²) in [6.45, 7) is 5.63. The number of para-hydroxylation sites is 1. The Hall–Kier alpha value is -2.90. The first-order chi connectivity index (χ1) is 13.8. The Labute approximate surface area is 170 Å². The minimum atomic E-state index is -0.612. The number of nitro groups is 1. The molecule has 1 heterocycles. The molecule has 0 unspecified atom stereocenters. The van der Waals surface area contributed by atoms with E-state index in [9.17, 15) is 14.9 Å². The van der Waals surface area contributed by atoms with Gasteiger partial charge in [0.15, 0.2) is 0 Å². The molecule has 156 valence electrons. The molecule has 0 spiro atoms. The fourth-order valence-corrected chi connectivity index (χ4v) is 3.68. The van der Waals surface area contributed by atoms with Crippen molar-refractivity contribution in [1.29, 1.82) is 0 Å². The van der Waals surface area contributed by atoms with E-state index >= 15 is 0 Å². The molecule has 1 aromatic carbocycles. The zero-order valence-corrected chi connectivity index (χ0v) is 17.2. The van der Waals surface area contributed by atoms with Crippen molar-refractivity contribution in [2.75, 3.05) is 12.0 Å². The molecule has 1 N–H and O–H groups in total. The predicted octanol–water partition coefficient (Wildman–Crippen LogP) is 5.08. The van der Waals surface area contributed by atoms with E-state index < -0.39 is 16.6 Å². The number of rotatable bonds is 5. The van der Waals surface area contributed by atoms with E-state index in [1.807, 2.05) is 32.9 Å². The van der Waals surface area contributed by atoms with Gasteiger partial charge in [-0.25, -0.2) is 9.78 Å². The molecule has 1 fully saturated rings. The quantitative estimate of drug-likeness (QED) is 0.427. The lowest BCUT2D eigenvalue weighted by molar-refractivity contribution is -0.384. The maximum Gasteiger partial charge on any atom is 0.411 e. The second kappa shape index (κ2) is 8.63. The molecule has 1 saturated carbocycles. The van der Waals surface area contributed by atoms with Crippen molar-refractivity contribution in [2.45, 2.75) is 64.5 Å². The molecule has 29 heavy (non-hydrogen) atoms. The summed E-state index contributed by atoms with van der Waals surface area (Å²) in [5, 5.41) is 15.3. The van der Waals surface area contributed by atoms with Gasteiger partial charge in [-0.15, -0.1) is 0 Å². The van der Waals surface area contributed by atoms with Crippen molar-refractivity contribution < 1.29 is 14.5 Å². The van der Waals surface area contributed by atoms with Gasteiger partial charge >= 0.3 is 11.8 Å². The fraction of sp³-hybridized carbons (Fsp3) is 0.524. The van der Waals surface area contributed by atoms with Crippen LogP contribution in [0.4, 0.5) is 16.2 Å². The van der Waals surface area contributed by atoms with Gasteiger partial charge in [0, 0.05) is 11.4 Å². The van der Waals surface area contributed by atoms with Crippen molar-refractivity contribution in [3.05, 3.63) is 40.6 Å². The van der Waals surface area contributed by atoms with E-state index in [4.69, 9.17) is 4.74 Å². The summed E-state index contributed by atoms with van der Waals surface area (Å²) in [5.74, 6) is 0. The first kappa shape index (κ1) is 20.8. The Morgan fingerprint density at radius 3 is 2.62 bits per heavy atom. The van der Waals surface area contributed by atoms with Crippen LogP contribution >= 0.6 is 0 Å². The van der Waals surface area contributed by atoms with Gasteiger partial charge in [0.25, 0.3) is 0 Å². The summed E-state index contributed by atoms with van der Waals surface area (Å²) in [5.41, 5.74) is 0.294. The van der Waals surface area contributed by atoms with Gasteiger partial charge in [0.2, 0.25) is 0 Å². The van der Waals surface area contributed by atoms with Gasteiger partial charge in [0.1, 0.15) is 17.5 Å². The van der Waals surface area contributed by atoms with Crippen LogP contribution in [0.15, 0.2) is 30.5 Å². The largest absolute Gasteiger partial charge is 0.444 e. The Morgan fingerprint density at radius 1 is 1.28 bits per heavy atom. The van der Waals surface area contributed by atoms with E-state index in [-0.39, 0.29) is 18.4 Å². The molecule has 0 saturated heterocycles. The summed E-state index contributed by atoms with van der Waals surface area (Å²) < 4.78 is 5.61. The van der Waals surface area contributed by atoms with Crippen LogP contribution < -0.4 is 5.32 Å². The van der Waals surface area contributed by atoms with Gasteiger partial charge in [-0.05, 0) is 39.7 Å². The average Bonchev–Trinajstić information content (AvgIpc) is 2.67. The van der Waals surface area contributed by atoms with E-state index in [1.54, 1.807) is 17.0 Å². The standard InChI is InChI=1S/C21H28N4O4/c1-21(2,3)29-20(26)24(15-9-5-4-6-10-15)14-23-19-16-11-7-8-12-17(16)22-13-18(19)25(27)28/h7-8,11-13,15H,4-6,9-10,14H2,1-3H3,(H,22,23). The number of anilines is 1. The molecule has 1 aliphatic carbocycles. The lowest BCUT2D eigenvalue weighted by Gasteiger charge is -2.35. The van der Waals surface area contributed by atoms with E-state index in [2.05, 4.69) is 10.3 Å². The van der Waals surface area contributed by atoms with Crippen LogP contribution in [0.3, 0.4) is 0 Å². The number of nitrogens with one attached hydrogen (secondary N) is 1. The van der Waals surface area contributed by atoms with Gasteiger partial charge in [-0.2, -0.15) is 0 Å². The smallest absolute Gasteiger partial charge is 0.411 e. The van der Waals surface area contributed by atoms with Crippen LogP contribution in [0.2, 0.25) is 0 Å². The van der Waals surface area contributed by atoms with Crippen LogP contribution in [0.5, 0.6) is 0 Å². The third-order valence-electron chi connectivity index (χ3n) is 5.02. The van der Waals surface area contributed by atoms with Crippen LogP contribution in [-0.2, 0) is 4.74 Å². The van der Waals surface area contributed by atoms with E-state index in [1.165, 1.54) is 6.20 Å². The fourth-order valence-electron chi connectivity index (χ4n) is 3.68. The van der Waals surface area contributed by atoms with Crippen LogP contribution in [0.25, 0.3) is 10.9 Å². The van der Waals surface area contributed by atoms with Crippen LogP contribution in [-0.4, -0.2) is 39.2 Å². The monoisotopic (exact) mass is 400 g/mol. The Kier molecular flexibility index (Phi) is 6.20. The zero-order chi connectivity index (χ0) is 21.0. The lowest BCUT2D eigenvalue weighted by atomic mass is 9.94. The molecular formula is C21H28N4O4. The second-order valence-electron chi connectivity index (χ2n) is 8.37. The van der Waals surface area contributed by atoms with Gasteiger partial charge in [0.05, 0.1) is 17.1 Å². The molecule has 3 rings (SSSR count). The number of fused-ring (bicyclic) bond motifs is 1. The van der Waals surface area contributed by atoms with Crippen molar-refractivity contribution in [3.8, 4) is 0 Å². The zero-order valence-electron chi connectivity index (χ0n) is 17.2. The molecule has 0 radical (unpaired) electrons. The number of carbonyl (C=O) groups excluding carboxylic acids is 1. The summed E-state index contributed by atoms with van der Waals surface area (Å²) in [6, 6.07) is 7.29. The topological polar surface area (TPSA) is 97.6 Å². The Balaban J connectivity index is 1.89. The van der Waals surface area contributed by atoms with E-state index in [0.717, 1.165) is 32.1 Å². The predicted molar refractivity (Wildman–Crippen MR) is 112 cm³/mol. The highest BCUT2D eigenvalue weighted by Gasteiger charge is 2.30. The van der Waals surface area contributed by atoms with Crippen LogP contribution in [0, 0.1) is 10.1 Å². The van der Waals surface area contributed by atoms with Gasteiger partial charge in [-0.3, -0.25) is 15.0 Å². The molecule has 8 heteroatoms. The normalized spacial score (nSPS) is 15.1. The molecule has 1 amide bonds. The number of nitrogens with zero attached hydrogens (tertiary/aromatic N) is 3. The Morgan fingerprint density at radius 2 is 1.97 bits per heavy atom. The first-order valence-electron chi connectivity index (χ1n) is 10.0. The number of hydrogen-bond acceptors (Lipinski definition) is 6. The highest BCUT2D eigenvalue weighted by Crippen LogP contribution is 2.32. The molecule has 0 atom stereocenters. The molecule has 1 aromatic heterocycles. The van der Waals surface area contributed by atoms with E-state index in [0.29, 0.717) is 16.6 Å². The maximum atomic E-state index is 12.9. The lowest BCUT2D eigenvalue weighted by Crippen LogP contribution is -2.46.